The molecule has 8 heteroatoms. The first-order valence-electron chi connectivity index (χ1n) is 11.3. The van der Waals surface area contributed by atoms with E-state index < -0.39 is 0 Å². The van der Waals surface area contributed by atoms with Gasteiger partial charge in [-0.15, -0.1) is 0 Å². The van der Waals surface area contributed by atoms with Gasteiger partial charge in [-0.3, -0.25) is 9.59 Å². The number of anilines is 2. The molecule has 2 heterocycles. The summed E-state index contributed by atoms with van der Waals surface area (Å²) >= 11 is 0. The molecule has 2 aromatic carbocycles. The molecular weight excluding hydrogens is 440 g/mol. The summed E-state index contributed by atoms with van der Waals surface area (Å²) in [6.07, 6.45) is 2.67. The van der Waals surface area contributed by atoms with E-state index in [1.54, 1.807) is 0 Å². The predicted molar refractivity (Wildman–Crippen MR) is 140 cm³/mol. The molecular formula is C27H28N6O2. The molecule has 0 fully saturated rings. The Labute approximate surface area is 203 Å². The van der Waals surface area contributed by atoms with E-state index in [0.717, 1.165) is 27.8 Å². The minimum Gasteiger partial charge on any atom is -0.383 e. The number of aromatic nitrogens is 3. The van der Waals surface area contributed by atoms with Crippen LogP contribution in [0.1, 0.15) is 24.2 Å². The number of amides is 2. The first-order valence-corrected chi connectivity index (χ1v) is 11.3. The molecule has 4 rings (SSSR count). The molecule has 0 saturated carbocycles. The van der Waals surface area contributed by atoms with Crippen LogP contribution >= 0.6 is 0 Å². The third-order valence-electron chi connectivity index (χ3n) is 5.71. The molecule has 0 aliphatic carbocycles. The number of nitrogen functional groups attached to an aromatic ring is 1. The number of aryl methyl sites for hydroxylation is 1. The fraction of sp³-hybridized carbons (Fsp3) is 0.185. The highest BCUT2D eigenvalue weighted by molar-refractivity contribution is 6.08. The lowest BCUT2D eigenvalue weighted by atomic mass is 9.97. The highest BCUT2D eigenvalue weighted by Gasteiger charge is 2.22. The molecule has 4 aromatic rings. The normalized spacial score (nSPS) is 11.0. The average molecular weight is 469 g/mol. The average Bonchev–Trinajstić information content (AvgIpc) is 3.16. The van der Waals surface area contributed by atoms with Gasteiger partial charge in [-0.05, 0) is 47.4 Å². The molecule has 0 aliphatic heterocycles. The number of rotatable bonds is 7. The van der Waals surface area contributed by atoms with E-state index in [1.165, 1.54) is 12.4 Å². The van der Waals surface area contributed by atoms with E-state index in [2.05, 4.69) is 41.0 Å². The second kappa shape index (κ2) is 9.80. The molecule has 0 aliphatic rings. The van der Waals surface area contributed by atoms with Crippen LogP contribution in [0.15, 0.2) is 67.5 Å². The molecule has 178 valence electrons. The summed E-state index contributed by atoms with van der Waals surface area (Å²) in [7, 11) is 1.93. The monoisotopic (exact) mass is 468 g/mol. The van der Waals surface area contributed by atoms with Crippen LogP contribution in [0.3, 0.4) is 0 Å². The number of hydrogen-bond donors (Lipinski definition) is 3. The third kappa shape index (κ3) is 4.77. The highest BCUT2D eigenvalue weighted by atomic mass is 16.2. The predicted octanol–water partition coefficient (Wildman–Crippen LogP) is 4.39. The molecule has 35 heavy (non-hydrogen) atoms. The smallest absolute Gasteiger partial charge is 0.251 e. The fourth-order valence-corrected chi connectivity index (χ4v) is 3.99. The standard InChI is InChI=1S/C27H28N6O2/c1-5-21(34)32-20-12-10-18(11-13-20)24-22(23-25(28)30-15-31-26(23)33(24)4)17-6-8-19(9-7-17)27(35)29-14-16(2)3/h5-13,15-16H,1,14H2,2-4H3,(H,29,35)(H,32,34)(H2,28,30,31). The van der Waals surface area contributed by atoms with Crippen LogP contribution in [0.5, 0.6) is 0 Å². The zero-order valence-electron chi connectivity index (χ0n) is 20.0. The Morgan fingerprint density at radius 3 is 2.34 bits per heavy atom. The topological polar surface area (TPSA) is 115 Å². The van der Waals surface area contributed by atoms with Crippen LogP contribution < -0.4 is 16.4 Å². The van der Waals surface area contributed by atoms with Gasteiger partial charge in [-0.2, -0.15) is 0 Å². The Hall–Kier alpha value is -4.46. The van der Waals surface area contributed by atoms with Crippen LogP contribution in [-0.2, 0) is 11.8 Å². The van der Waals surface area contributed by atoms with Crippen molar-refractivity contribution in [3.05, 3.63) is 73.1 Å². The quantitative estimate of drug-likeness (QED) is 0.348. The van der Waals surface area contributed by atoms with Crippen molar-refractivity contribution >= 4 is 34.4 Å². The van der Waals surface area contributed by atoms with Crippen LogP contribution in [0.25, 0.3) is 33.4 Å². The fourth-order valence-electron chi connectivity index (χ4n) is 3.99. The van der Waals surface area contributed by atoms with Gasteiger partial charge in [0.25, 0.3) is 5.91 Å². The van der Waals surface area contributed by atoms with Crippen molar-refractivity contribution in [2.75, 3.05) is 17.6 Å². The maximum absolute atomic E-state index is 12.5. The lowest BCUT2D eigenvalue weighted by molar-refractivity contribution is -0.111. The molecule has 0 atom stereocenters. The van der Waals surface area contributed by atoms with Gasteiger partial charge < -0.3 is 20.9 Å². The van der Waals surface area contributed by atoms with Crippen LogP contribution in [0.4, 0.5) is 11.5 Å². The molecule has 0 radical (unpaired) electrons. The van der Waals surface area contributed by atoms with Gasteiger partial charge in [-0.1, -0.05) is 44.7 Å². The highest BCUT2D eigenvalue weighted by Crippen LogP contribution is 2.41. The summed E-state index contributed by atoms with van der Waals surface area (Å²) in [5.74, 6) is 0.364. The van der Waals surface area contributed by atoms with E-state index >= 15 is 0 Å². The number of benzene rings is 2. The minimum absolute atomic E-state index is 0.108. The number of nitrogens with zero attached hydrogens (tertiary/aromatic N) is 3. The van der Waals surface area contributed by atoms with Crippen LogP contribution in [-0.4, -0.2) is 32.9 Å². The summed E-state index contributed by atoms with van der Waals surface area (Å²) in [4.78, 5) is 32.8. The van der Waals surface area contributed by atoms with Gasteiger partial charge in [0.15, 0.2) is 0 Å². The van der Waals surface area contributed by atoms with Crippen molar-refractivity contribution in [1.82, 2.24) is 19.9 Å². The molecule has 2 amide bonds. The van der Waals surface area contributed by atoms with Crippen molar-refractivity contribution in [3.8, 4) is 22.4 Å². The van der Waals surface area contributed by atoms with Crippen molar-refractivity contribution in [1.29, 1.82) is 0 Å². The van der Waals surface area contributed by atoms with Gasteiger partial charge in [0.05, 0.1) is 11.1 Å². The molecule has 0 saturated heterocycles. The minimum atomic E-state index is -0.274. The zero-order valence-corrected chi connectivity index (χ0v) is 20.0. The number of nitrogens with one attached hydrogen (secondary N) is 2. The Kier molecular flexibility index (Phi) is 6.64. The second-order valence-electron chi connectivity index (χ2n) is 8.69. The summed E-state index contributed by atoms with van der Waals surface area (Å²) in [6, 6.07) is 14.9. The van der Waals surface area contributed by atoms with E-state index in [-0.39, 0.29) is 11.8 Å². The summed E-state index contributed by atoms with van der Waals surface area (Å²) in [5.41, 5.74) is 11.8. The lowest BCUT2D eigenvalue weighted by Crippen LogP contribution is -2.27. The Morgan fingerprint density at radius 1 is 1.06 bits per heavy atom. The van der Waals surface area contributed by atoms with Crippen molar-refractivity contribution in [2.45, 2.75) is 13.8 Å². The Morgan fingerprint density at radius 2 is 1.71 bits per heavy atom. The molecule has 2 aromatic heterocycles. The van der Waals surface area contributed by atoms with E-state index in [0.29, 0.717) is 35.2 Å². The maximum atomic E-state index is 12.5. The molecule has 8 nitrogen and oxygen atoms in total. The van der Waals surface area contributed by atoms with Crippen molar-refractivity contribution in [2.24, 2.45) is 13.0 Å². The largest absolute Gasteiger partial charge is 0.383 e. The van der Waals surface area contributed by atoms with Crippen molar-refractivity contribution < 1.29 is 9.59 Å². The lowest BCUT2D eigenvalue weighted by Gasteiger charge is -2.11. The number of carbonyl (C=O) groups is 2. The van der Waals surface area contributed by atoms with E-state index in [1.807, 2.05) is 60.1 Å². The van der Waals surface area contributed by atoms with Crippen LogP contribution in [0, 0.1) is 5.92 Å². The molecule has 4 N–H and O–H groups in total. The number of carbonyl (C=O) groups excluding carboxylic acids is 2. The SMILES string of the molecule is C=CC(=O)Nc1ccc(-c2c(-c3ccc(C(=O)NCC(C)C)cc3)c3c(N)ncnc3n2C)cc1. The maximum Gasteiger partial charge on any atom is 0.251 e. The number of hydrogen-bond acceptors (Lipinski definition) is 5. The zero-order chi connectivity index (χ0) is 25.1. The number of nitrogens with two attached hydrogens (primary N) is 1. The van der Waals surface area contributed by atoms with Crippen molar-refractivity contribution in [3.63, 3.8) is 0 Å². The van der Waals surface area contributed by atoms with Gasteiger partial charge in [0.2, 0.25) is 5.91 Å². The molecule has 0 spiro atoms. The third-order valence-corrected chi connectivity index (χ3v) is 5.71. The van der Waals surface area contributed by atoms with Gasteiger partial charge >= 0.3 is 0 Å². The summed E-state index contributed by atoms with van der Waals surface area (Å²) in [6.45, 7) is 8.20. The molecule has 0 unspecified atom stereocenters. The first-order chi connectivity index (χ1) is 16.8. The van der Waals surface area contributed by atoms with Gasteiger partial charge in [0, 0.05) is 30.4 Å². The second-order valence-corrected chi connectivity index (χ2v) is 8.69. The van der Waals surface area contributed by atoms with Crippen LogP contribution in [0.2, 0.25) is 0 Å². The Bertz CT molecular complexity index is 1400. The first kappa shape index (κ1) is 23.7. The van der Waals surface area contributed by atoms with Gasteiger partial charge in [-0.25, -0.2) is 9.97 Å². The van der Waals surface area contributed by atoms with Gasteiger partial charge in [0.1, 0.15) is 17.8 Å². The Balaban J connectivity index is 1.81. The molecule has 0 bridgehead atoms. The van der Waals surface area contributed by atoms with E-state index in [9.17, 15) is 9.59 Å². The van der Waals surface area contributed by atoms with E-state index in [4.69, 9.17) is 5.73 Å². The summed E-state index contributed by atoms with van der Waals surface area (Å²) < 4.78 is 1.98. The summed E-state index contributed by atoms with van der Waals surface area (Å²) in [5, 5.41) is 6.44. The number of fused-ring (bicyclic) bond motifs is 1.